The predicted molar refractivity (Wildman–Crippen MR) is 83.0 cm³/mol. The van der Waals surface area contributed by atoms with E-state index < -0.39 is 16.9 Å². The van der Waals surface area contributed by atoms with Crippen molar-refractivity contribution < 1.29 is 24.3 Å². The molecule has 0 aliphatic carbocycles. The number of hydrogen-bond acceptors (Lipinski definition) is 7. The first-order valence-electron chi connectivity index (χ1n) is 6.96. The van der Waals surface area contributed by atoms with Gasteiger partial charge < -0.3 is 4.90 Å². The summed E-state index contributed by atoms with van der Waals surface area (Å²) >= 11 is 0. The molecule has 1 amide bonds. The summed E-state index contributed by atoms with van der Waals surface area (Å²) in [5.41, 5.74) is 0.0496. The van der Waals surface area contributed by atoms with Crippen molar-refractivity contribution >= 4 is 28.5 Å². The molecular formula is C15H15N3O6. The number of nitrogens with zero attached hydrogens (tertiary/aromatic N) is 3. The van der Waals surface area contributed by atoms with Gasteiger partial charge in [-0.3, -0.25) is 24.8 Å². The van der Waals surface area contributed by atoms with Gasteiger partial charge in [0.15, 0.2) is 0 Å². The predicted octanol–water partition coefficient (Wildman–Crippen LogP) is 1.85. The molecule has 0 radical (unpaired) electrons. The first kappa shape index (κ1) is 17.1. The topological polar surface area (TPSA) is 112 Å². The average Bonchev–Trinajstić information content (AvgIpc) is 2.57. The molecule has 0 spiro atoms. The highest BCUT2D eigenvalue weighted by Gasteiger charge is 2.24. The Morgan fingerprint density at radius 2 is 2.04 bits per heavy atom. The summed E-state index contributed by atoms with van der Waals surface area (Å²) in [7, 11) is 1.46. The van der Waals surface area contributed by atoms with Crippen molar-refractivity contribution in [1.82, 2.24) is 9.88 Å². The third kappa shape index (κ3) is 3.40. The van der Waals surface area contributed by atoms with Crippen LogP contribution in [0.3, 0.4) is 0 Å². The number of amides is 1. The standard InChI is InChI=1S/C15H15N3O6/c1-9(17(3)10(2)19)15(20)24-23-13-7-6-12(18(21)22)11-5-4-8-16-14(11)13/h4-9H,1-3H3. The fourth-order valence-corrected chi connectivity index (χ4v) is 1.94. The third-order valence-electron chi connectivity index (χ3n) is 3.54. The maximum Gasteiger partial charge on any atom is 0.377 e. The molecule has 2 rings (SSSR count). The molecule has 0 fully saturated rings. The molecule has 9 nitrogen and oxygen atoms in total. The van der Waals surface area contributed by atoms with Crippen LogP contribution in [0.15, 0.2) is 30.5 Å². The van der Waals surface area contributed by atoms with Gasteiger partial charge in [-0.1, -0.05) is 0 Å². The van der Waals surface area contributed by atoms with Gasteiger partial charge in [0.1, 0.15) is 11.6 Å². The Morgan fingerprint density at radius 3 is 2.67 bits per heavy atom. The van der Waals surface area contributed by atoms with Crippen molar-refractivity contribution in [2.45, 2.75) is 19.9 Å². The molecule has 0 aliphatic heterocycles. The Bertz CT molecular complexity index is 807. The molecule has 1 unspecified atom stereocenters. The van der Waals surface area contributed by atoms with E-state index in [1.54, 1.807) is 6.07 Å². The van der Waals surface area contributed by atoms with E-state index in [2.05, 4.69) is 4.98 Å². The number of nitro groups is 1. The van der Waals surface area contributed by atoms with Crippen molar-refractivity contribution in [2.24, 2.45) is 0 Å². The number of benzene rings is 1. The number of carbonyl (C=O) groups excluding carboxylic acids is 2. The number of non-ortho nitro benzene ring substituents is 1. The fraction of sp³-hybridized carbons (Fsp3) is 0.267. The van der Waals surface area contributed by atoms with Crippen LogP contribution < -0.4 is 4.89 Å². The van der Waals surface area contributed by atoms with Crippen LogP contribution in [-0.2, 0) is 14.5 Å². The summed E-state index contributed by atoms with van der Waals surface area (Å²) in [6, 6.07) is 4.74. The smallest absolute Gasteiger partial charge is 0.332 e. The van der Waals surface area contributed by atoms with Gasteiger partial charge in [0.2, 0.25) is 11.7 Å². The lowest BCUT2D eigenvalue weighted by Gasteiger charge is -2.20. The zero-order valence-corrected chi connectivity index (χ0v) is 13.3. The summed E-state index contributed by atoms with van der Waals surface area (Å²) < 4.78 is 0. The average molecular weight is 333 g/mol. The van der Waals surface area contributed by atoms with Gasteiger partial charge in [0.05, 0.1) is 10.3 Å². The fourth-order valence-electron chi connectivity index (χ4n) is 1.94. The third-order valence-corrected chi connectivity index (χ3v) is 3.54. The van der Waals surface area contributed by atoms with Crippen molar-refractivity contribution in [3.05, 3.63) is 40.6 Å². The summed E-state index contributed by atoms with van der Waals surface area (Å²) in [6.45, 7) is 2.80. The van der Waals surface area contributed by atoms with Gasteiger partial charge in [-0.05, 0) is 25.1 Å². The van der Waals surface area contributed by atoms with E-state index in [1.807, 2.05) is 0 Å². The highest BCUT2D eigenvalue weighted by atomic mass is 17.2. The van der Waals surface area contributed by atoms with Crippen LogP contribution in [0.2, 0.25) is 0 Å². The SMILES string of the molecule is CC(=O)N(C)C(C)C(=O)OOc1ccc([N+](=O)[O-])c2cccnc12. The minimum absolute atomic E-state index is 0.0576. The quantitative estimate of drug-likeness (QED) is 0.466. The Balaban J connectivity index is 2.22. The first-order chi connectivity index (χ1) is 11.3. The van der Waals surface area contributed by atoms with Gasteiger partial charge in [0, 0.05) is 26.2 Å². The number of rotatable bonds is 5. The number of fused-ring (bicyclic) bond motifs is 1. The molecule has 0 N–H and O–H groups in total. The number of hydrogen-bond donors (Lipinski definition) is 0. The van der Waals surface area contributed by atoms with E-state index in [0.29, 0.717) is 0 Å². The van der Waals surface area contributed by atoms with E-state index in [-0.39, 0.29) is 28.2 Å². The first-order valence-corrected chi connectivity index (χ1v) is 6.96. The van der Waals surface area contributed by atoms with Crippen molar-refractivity contribution in [3.8, 4) is 5.75 Å². The highest BCUT2D eigenvalue weighted by Crippen LogP contribution is 2.31. The summed E-state index contributed by atoms with van der Waals surface area (Å²) in [5.74, 6) is -1.03. The molecule has 0 aliphatic rings. The Hall–Kier alpha value is -3.23. The van der Waals surface area contributed by atoms with Crippen molar-refractivity contribution in [2.75, 3.05) is 7.05 Å². The van der Waals surface area contributed by atoms with Crippen LogP contribution in [0.4, 0.5) is 5.69 Å². The number of nitro benzene ring substituents is 1. The molecule has 1 heterocycles. The zero-order valence-electron chi connectivity index (χ0n) is 13.3. The number of carbonyl (C=O) groups is 2. The normalized spacial score (nSPS) is 11.6. The van der Waals surface area contributed by atoms with Gasteiger partial charge in [-0.2, -0.15) is 0 Å². The van der Waals surface area contributed by atoms with Gasteiger partial charge in [-0.15, -0.1) is 0 Å². The van der Waals surface area contributed by atoms with E-state index in [4.69, 9.17) is 9.78 Å². The molecule has 0 saturated heterocycles. The zero-order chi connectivity index (χ0) is 17.9. The van der Waals surface area contributed by atoms with Crippen LogP contribution in [0.5, 0.6) is 5.75 Å². The molecule has 0 saturated carbocycles. The molecule has 126 valence electrons. The lowest BCUT2D eigenvalue weighted by molar-refractivity contribution is -0.383. The largest absolute Gasteiger partial charge is 0.377 e. The Labute approximate surface area is 136 Å². The second-order valence-corrected chi connectivity index (χ2v) is 5.03. The number of likely N-dealkylation sites (N-methyl/N-ethyl adjacent to an activating group) is 1. The van der Waals surface area contributed by atoms with Crippen LogP contribution in [0, 0.1) is 10.1 Å². The molecular weight excluding hydrogens is 318 g/mol. The lowest BCUT2D eigenvalue weighted by atomic mass is 10.2. The van der Waals surface area contributed by atoms with Crippen LogP contribution >= 0.6 is 0 Å². The molecule has 1 aromatic carbocycles. The van der Waals surface area contributed by atoms with Gasteiger partial charge in [0.25, 0.3) is 5.69 Å². The monoisotopic (exact) mass is 333 g/mol. The summed E-state index contributed by atoms with van der Waals surface area (Å²) in [4.78, 5) is 48.6. The van der Waals surface area contributed by atoms with Gasteiger partial charge >= 0.3 is 5.97 Å². The highest BCUT2D eigenvalue weighted by molar-refractivity contribution is 5.92. The molecule has 1 aromatic heterocycles. The summed E-state index contributed by atoms with van der Waals surface area (Å²) in [6.07, 6.45) is 1.44. The molecule has 2 aromatic rings. The van der Waals surface area contributed by atoms with Crippen molar-refractivity contribution in [1.29, 1.82) is 0 Å². The lowest BCUT2D eigenvalue weighted by Crippen LogP contribution is -2.40. The van der Waals surface area contributed by atoms with Crippen LogP contribution in [-0.4, -0.2) is 39.8 Å². The van der Waals surface area contributed by atoms with E-state index in [9.17, 15) is 19.7 Å². The van der Waals surface area contributed by atoms with Gasteiger partial charge in [-0.25, -0.2) is 9.68 Å². The van der Waals surface area contributed by atoms with Crippen LogP contribution in [0.25, 0.3) is 10.9 Å². The Morgan fingerprint density at radius 1 is 1.33 bits per heavy atom. The Kier molecular flexibility index (Phi) is 4.93. The molecule has 24 heavy (non-hydrogen) atoms. The minimum Gasteiger partial charge on any atom is -0.332 e. The summed E-state index contributed by atoms with van der Waals surface area (Å²) in [5, 5.41) is 11.3. The second-order valence-electron chi connectivity index (χ2n) is 5.03. The minimum atomic E-state index is -0.847. The molecule has 9 heteroatoms. The van der Waals surface area contributed by atoms with E-state index in [0.717, 1.165) is 0 Å². The number of pyridine rings is 1. The maximum atomic E-state index is 11.9. The molecule has 0 bridgehead atoms. The molecule has 1 atom stereocenters. The van der Waals surface area contributed by atoms with E-state index >= 15 is 0 Å². The van der Waals surface area contributed by atoms with Crippen LogP contribution in [0.1, 0.15) is 13.8 Å². The second kappa shape index (κ2) is 6.90. The maximum absolute atomic E-state index is 11.9. The number of aromatic nitrogens is 1. The van der Waals surface area contributed by atoms with E-state index in [1.165, 1.54) is 50.2 Å². The van der Waals surface area contributed by atoms with Crippen molar-refractivity contribution in [3.63, 3.8) is 0 Å².